The van der Waals surface area contributed by atoms with Gasteiger partial charge in [-0.2, -0.15) is 0 Å². The standard InChI is InChI=1S/C22H17BrO3/c1-26-21-12-11-18(13-20(21)23)19(14-22(24)25)17-9-7-16(8-10-17)15-5-3-2-4-6-15/h2-14H,1H3,(H,24,25)/b19-14-. The van der Waals surface area contributed by atoms with Crippen molar-refractivity contribution < 1.29 is 14.6 Å². The SMILES string of the molecule is COc1ccc(/C(=C\C(=O)O)c2ccc(-c3ccccc3)cc2)cc1Br. The predicted molar refractivity (Wildman–Crippen MR) is 107 cm³/mol. The van der Waals surface area contributed by atoms with Crippen LogP contribution >= 0.6 is 15.9 Å². The number of rotatable bonds is 5. The van der Waals surface area contributed by atoms with Crippen LogP contribution in [-0.2, 0) is 4.79 Å². The Labute approximate surface area is 160 Å². The van der Waals surface area contributed by atoms with Crippen LogP contribution in [0, 0.1) is 0 Å². The molecule has 26 heavy (non-hydrogen) atoms. The average Bonchev–Trinajstić information content (AvgIpc) is 2.67. The molecule has 0 saturated heterocycles. The molecule has 1 N–H and O–H groups in total. The topological polar surface area (TPSA) is 46.5 Å². The van der Waals surface area contributed by atoms with Crippen molar-refractivity contribution in [2.24, 2.45) is 0 Å². The molecule has 0 saturated carbocycles. The van der Waals surface area contributed by atoms with Crippen molar-refractivity contribution in [3.63, 3.8) is 0 Å². The van der Waals surface area contributed by atoms with Crippen molar-refractivity contribution in [3.8, 4) is 16.9 Å². The molecule has 0 aliphatic heterocycles. The van der Waals surface area contributed by atoms with Crippen molar-refractivity contribution in [2.75, 3.05) is 7.11 Å². The molecule has 0 fully saturated rings. The minimum Gasteiger partial charge on any atom is -0.496 e. The largest absolute Gasteiger partial charge is 0.496 e. The van der Waals surface area contributed by atoms with Crippen molar-refractivity contribution in [1.29, 1.82) is 0 Å². The van der Waals surface area contributed by atoms with E-state index in [0.29, 0.717) is 11.3 Å². The highest BCUT2D eigenvalue weighted by Gasteiger charge is 2.10. The summed E-state index contributed by atoms with van der Waals surface area (Å²) in [5, 5.41) is 9.30. The van der Waals surface area contributed by atoms with Crippen LogP contribution in [0.3, 0.4) is 0 Å². The Balaban J connectivity index is 2.01. The van der Waals surface area contributed by atoms with Gasteiger partial charge < -0.3 is 9.84 Å². The summed E-state index contributed by atoms with van der Waals surface area (Å²) < 4.78 is 6.02. The molecule has 3 aromatic carbocycles. The third kappa shape index (κ3) is 4.03. The Hall–Kier alpha value is -2.85. The maximum absolute atomic E-state index is 11.3. The summed E-state index contributed by atoms with van der Waals surface area (Å²) in [5.41, 5.74) is 4.48. The fraction of sp³-hybridized carbons (Fsp3) is 0.0455. The maximum Gasteiger partial charge on any atom is 0.328 e. The molecule has 0 radical (unpaired) electrons. The first-order valence-corrected chi connectivity index (χ1v) is 8.82. The van der Waals surface area contributed by atoms with Gasteiger partial charge in [0.15, 0.2) is 0 Å². The van der Waals surface area contributed by atoms with Crippen molar-refractivity contribution in [1.82, 2.24) is 0 Å². The zero-order valence-corrected chi connectivity index (χ0v) is 15.7. The molecule has 0 bridgehead atoms. The lowest BCUT2D eigenvalue weighted by Crippen LogP contribution is -1.96. The summed E-state index contributed by atoms with van der Waals surface area (Å²) in [4.78, 5) is 11.3. The van der Waals surface area contributed by atoms with Crippen molar-refractivity contribution in [2.45, 2.75) is 0 Å². The van der Waals surface area contributed by atoms with E-state index in [0.717, 1.165) is 26.7 Å². The van der Waals surface area contributed by atoms with Gasteiger partial charge in [-0.15, -0.1) is 0 Å². The van der Waals surface area contributed by atoms with Crippen LogP contribution in [-0.4, -0.2) is 18.2 Å². The van der Waals surface area contributed by atoms with Crippen LogP contribution in [0.25, 0.3) is 16.7 Å². The number of benzene rings is 3. The number of aliphatic carboxylic acids is 1. The molecule has 3 rings (SSSR count). The summed E-state index contributed by atoms with van der Waals surface area (Å²) in [5.74, 6) is -0.290. The lowest BCUT2D eigenvalue weighted by molar-refractivity contribution is -0.131. The van der Waals surface area contributed by atoms with Crippen LogP contribution in [0.5, 0.6) is 5.75 Å². The van der Waals surface area contributed by atoms with Crippen LogP contribution in [0.1, 0.15) is 11.1 Å². The smallest absolute Gasteiger partial charge is 0.328 e. The van der Waals surface area contributed by atoms with E-state index in [4.69, 9.17) is 4.74 Å². The predicted octanol–water partition coefficient (Wildman–Crippen LogP) is 5.64. The third-order valence-electron chi connectivity index (χ3n) is 4.03. The van der Waals surface area contributed by atoms with Gasteiger partial charge in [-0.25, -0.2) is 4.79 Å². The van der Waals surface area contributed by atoms with Gasteiger partial charge in [-0.1, -0.05) is 60.7 Å². The summed E-state index contributed by atoms with van der Waals surface area (Å²) in [6, 6.07) is 23.5. The number of carbonyl (C=O) groups is 1. The van der Waals surface area contributed by atoms with E-state index in [9.17, 15) is 9.90 Å². The number of hydrogen-bond acceptors (Lipinski definition) is 2. The first-order chi connectivity index (χ1) is 12.6. The average molecular weight is 409 g/mol. The molecular weight excluding hydrogens is 392 g/mol. The zero-order valence-electron chi connectivity index (χ0n) is 14.1. The maximum atomic E-state index is 11.3. The minimum atomic E-state index is -0.987. The second kappa shape index (κ2) is 8.02. The Bertz CT molecular complexity index is 945. The summed E-state index contributed by atoms with van der Waals surface area (Å²) in [7, 11) is 1.59. The van der Waals surface area contributed by atoms with Gasteiger partial charge >= 0.3 is 5.97 Å². The quantitative estimate of drug-likeness (QED) is 0.555. The minimum absolute atomic E-state index is 0.639. The van der Waals surface area contributed by atoms with Crippen molar-refractivity contribution in [3.05, 3.63) is 94.5 Å². The zero-order chi connectivity index (χ0) is 18.5. The summed E-state index contributed by atoms with van der Waals surface area (Å²) in [6.07, 6.45) is 1.23. The van der Waals surface area contributed by atoms with E-state index in [1.54, 1.807) is 7.11 Å². The third-order valence-corrected chi connectivity index (χ3v) is 4.65. The molecule has 3 nitrogen and oxygen atoms in total. The molecule has 0 spiro atoms. The van der Waals surface area contributed by atoms with E-state index in [1.165, 1.54) is 6.08 Å². The van der Waals surface area contributed by atoms with Gasteiger partial charge in [0, 0.05) is 6.08 Å². The van der Waals surface area contributed by atoms with Gasteiger partial charge in [0.1, 0.15) is 5.75 Å². The molecule has 0 heterocycles. The van der Waals surface area contributed by atoms with E-state index in [1.807, 2.05) is 72.8 Å². The fourth-order valence-electron chi connectivity index (χ4n) is 2.76. The fourth-order valence-corrected chi connectivity index (χ4v) is 3.30. The Kier molecular flexibility index (Phi) is 5.54. The summed E-state index contributed by atoms with van der Waals surface area (Å²) >= 11 is 3.46. The summed E-state index contributed by atoms with van der Waals surface area (Å²) in [6.45, 7) is 0. The number of methoxy groups -OCH3 is 1. The number of ether oxygens (including phenoxy) is 1. The highest BCUT2D eigenvalue weighted by atomic mass is 79.9. The van der Waals surface area contributed by atoms with Crippen LogP contribution in [0.2, 0.25) is 0 Å². The number of halogens is 1. The lowest BCUT2D eigenvalue weighted by atomic mass is 9.95. The Morgan fingerprint density at radius 2 is 1.54 bits per heavy atom. The van der Waals surface area contributed by atoms with Gasteiger partial charge in [0.25, 0.3) is 0 Å². The molecule has 0 aliphatic rings. The highest BCUT2D eigenvalue weighted by Crippen LogP contribution is 2.32. The lowest BCUT2D eigenvalue weighted by Gasteiger charge is -2.11. The molecule has 0 unspecified atom stereocenters. The normalized spacial score (nSPS) is 11.2. The first kappa shape index (κ1) is 18.0. The van der Waals surface area contributed by atoms with E-state index in [-0.39, 0.29) is 0 Å². The molecule has 0 amide bonds. The molecule has 130 valence electrons. The van der Waals surface area contributed by atoms with Gasteiger partial charge in [-0.3, -0.25) is 0 Å². The van der Waals surface area contributed by atoms with Gasteiger partial charge in [0.05, 0.1) is 11.6 Å². The Morgan fingerprint density at radius 1 is 0.923 bits per heavy atom. The second-order valence-electron chi connectivity index (χ2n) is 5.69. The highest BCUT2D eigenvalue weighted by molar-refractivity contribution is 9.10. The van der Waals surface area contributed by atoms with Crippen LogP contribution in [0.4, 0.5) is 0 Å². The van der Waals surface area contributed by atoms with E-state index in [2.05, 4.69) is 15.9 Å². The molecule has 0 aliphatic carbocycles. The molecule has 0 aromatic heterocycles. The monoisotopic (exact) mass is 408 g/mol. The van der Waals surface area contributed by atoms with E-state index < -0.39 is 5.97 Å². The molecule has 3 aromatic rings. The number of carboxylic acid groups (broad SMARTS) is 1. The molecular formula is C22H17BrO3. The molecule has 0 atom stereocenters. The second-order valence-corrected chi connectivity index (χ2v) is 6.54. The number of hydrogen-bond donors (Lipinski definition) is 1. The van der Waals surface area contributed by atoms with Gasteiger partial charge in [0.2, 0.25) is 0 Å². The first-order valence-electron chi connectivity index (χ1n) is 8.03. The van der Waals surface area contributed by atoms with Crippen LogP contribution < -0.4 is 4.74 Å². The van der Waals surface area contributed by atoms with E-state index >= 15 is 0 Å². The van der Waals surface area contributed by atoms with Gasteiger partial charge in [-0.05, 0) is 55.9 Å². The molecule has 4 heteroatoms. The van der Waals surface area contributed by atoms with Crippen molar-refractivity contribution >= 4 is 27.5 Å². The number of carboxylic acids is 1. The van der Waals surface area contributed by atoms with Crippen LogP contribution in [0.15, 0.2) is 83.3 Å². The Morgan fingerprint density at radius 3 is 2.12 bits per heavy atom.